The summed E-state index contributed by atoms with van der Waals surface area (Å²) < 4.78 is 5.50. The second kappa shape index (κ2) is 9.75. The lowest BCUT2D eigenvalue weighted by Gasteiger charge is -2.32. The monoisotopic (exact) mass is 390 g/mol. The van der Waals surface area contributed by atoms with Crippen LogP contribution in [0.15, 0.2) is 18.2 Å². The number of aliphatic carboxylic acids is 1. The predicted molar refractivity (Wildman–Crippen MR) is 107 cm³/mol. The van der Waals surface area contributed by atoms with Crippen molar-refractivity contribution in [1.29, 1.82) is 0 Å². The molecule has 0 saturated heterocycles. The molecule has 5 heteroatoms. The van der Waals surface area contributed by atoms with E-state index in [0.29, 0.717) is 17.6 Å². The van der Waals surface area contributed by atoms with Crippen molar-refractivity contribution >= 4 is 5.97 Å². The first-order chi connectivity index (χ1) is 13.5. The fraction of sp³-hybridized carbons (Fsp3) is 0.696. The van der Waals surface area contributed by atoms with Gasteiger partial charge in [-0.2, -0.15) is 0 Å². The number of benzene rings is 1. The Bertz CT molecular complexity index is 658. The van der Waals surface area contributed by atoms with Crippen LogP contribution in [0, 0.1) is 17.8 Å². The number of hydrogen-bond donors (Lipinski definition) is 3. The second-order valence-electron chi connectivity index (χ2n) is 8.60. The molecular formula is C23H34O5. The summed E-state index contributed by atoms with van der Waals surface area (Å²) in [6.45, 7) is 1.84. The maximum absolute atomic E-state index is 10.8. The van der Waals surface area contributed by atoms with Gasteiger partial charge in [0, 0.05) is 0 Å². The van der Waals surface area contributed by atoms with E-state index in [1.165, 1.54) is 5.56 Å². The van der Waals surface area contributed by atoms with Crippen LogP contribution in [0.4, 0.5) is 0 Å². The van der Waals surface area contributed by atoms with Gasteiger partial charge in [-0.3, -0.25) is 0 Å². The van der Waals surface area contributed by atoms with Gasteiger partial charge >= 0.3 is 5.97 Å². The van der Waals surface area contributed by atoms with Gasteiger partial charge in [-0.1, -0.05) is 38.3 Å². The summed E-state index contributed by atoms with van der Waals surface area (Å²) in [6, 6.07) is 5.87. The maximum Gasteiger partial charge on any atom is 0.341 e. The van der Waals surface area contributed by atoms with Crippen molar-refractivity contribution in [1.82, 2.24) is 0 Å². The Hall–Kier alpha value is -1.59. The van der Waals surface area contributed by atoms with Gasteiger partial charge in [-0.25, -0.2) is 4.79 Å². The molecule has 0 aromatic heterocycles. The van der Waals surface area contributed by atoms with E-state index in [1.54, 1.807) is 0 Å². The third-order valence-corrected chi connectivity index (χ3v) is 6.67. The van der Waals surface area contributed by atoms with Crippen LogP contribution in [0.2, 0.25) is 0 Å². The van der Waals surface area contributed by atoms with E-state index < -0.39 is 5.97 Å². The topological polar surface area (TPSA) is 87.0 Å². The van der Waals surface area contributed by atoms with E-state index in [0.717, 1.165) is 63.4 Å². The second-order valence-corrected chi connectivity index (χ2v) is 8.60. The van der Waals surface area contributed by atoms with E-state index in [9.17, 15) is 15.0 Å². The number of carboxylic acid groups (broad SMARTS) is 1. The van der Waals surface area contributed by atoms with E-state index >= 15 is 0 Å². The number of unbranched alkanes of at least 4 members (excludes halogenated alkanes) is 2. The Balaban J connectivity index is 1.62. The molecule has 0 aliphatic heterocycles. The molecule has 5 atom stereocenters. The van der Waals surface area contributed by atoms with Crippen molar-refractivity contribution in [2.24, 2.45) is 17.8 Å². The summed E-state index contributed by atoms with van der Waals surface area (Å²) in [7, 11) is 0. The highest BCUT2D eigenvalue weighted by Crippen LogP contribution is 2.48. The normalized spacial score (nSPS) is 27.1. The van der Waals surface area contributed by atoms with Crippen LogP contribution >= 0.6 is 0 Å². The number of carboxylic acids is 1. The molecular weight excluding hydrogens is 356 g/mol. The van der Waals surface area contributed by atoms with Gasteiger partial charge in [-0.05, 0) is 73.5 Å². The number of aliphatic hydroxyl groups excluding tert-OH is 2. The molecule has 156 valence electrons. The lowest BCUT2D eigenvalue weighted by Crippen LogP contribution is -2.28. The predicted octanol–water partition coefficient (Wildman–Crippen LogP) is 3.58. The molecule has 1 saturated carbocycles. The standard InChI is InChI=1S/C23H34O5/c1-2-3-4-7-17(24)9-10-18-19-11-15-6-5-8-22(28-14-23(26)27)20(15)12-16(19)13-21(18)25/h5-6,8,16-19,21,24-25H,2-4,7,9-14H2,1H3,(H,26,27)/t16-,17+,18-,19+,21-/m1/s1. The van der Waals surface area contributed by atoms with Crippen molar-refractivity contribution in [3.05, 3.63) is 29.3 Å². The van der Waals surface area contributed by atoms with Gasteiger partial charge in [0.2, 0.25) is 0 Å². The molecule has 0 heterocycles. The zero-order valence-corrected chi connectivity index (χ0v) is 16.8. The fourth-order valence-electron chi connectivity index (χ4n) is 5.24. The van der Waals surface area contributed by atoms with Gasteiger partial charge in [0.1, 0.15) is 5.75 Å². The quantitative estimate of drug-likeness (QED) is 0.532. The molecule has 0 spiro atoms. The minimum atomic E-state index is -0.972. The third-order valence-electron chi connectivity index (χ3n) is 6.67. The summed E-state index contributed by atoms with van der Waals surface area (Å²) >= 11 is 0. The number of rotatable bonds is 10. The molecule has 28 heavy (non-hydrogen) atoms. The zero-order chi connectivity index (χ0) is 20.1. The van der Waals surface area contributed by atoms with E-state index in [4.69, 9.17) is 9.84 Å². The minimum Gasteiger partial charge on any atom is -0.482 e. The Morgan fingerprint density at radius 3 is 2.82 bits per heavy atom. The van der Waals surface area contributed by atoms with Crippen LogP contribution in [-0.4, -0.2) is 40.1 Å². The summed E-state index contributed by atoms with van der Waals surface area (Å²) in [4.78, 5) is 10.8. The molecule has 3 rings (SSSR count). The molecule has 2 aliphatic rings. The Labute approximate surface area is 167 Å². The summed E-state index contributed by atoms with van der Waals surface area (Å²) in [5, 5.41) is 29.8. The first-order valence-corrected chi connectivity index (χ1v) is 10.8. The van der Waals surface area contributed by atoms with Crippen LogP contribution < -0.4 is 4.74 Å². The van der Waals surface area contributed by atoms with Crippen LogP contribution in [-0.2, 0) is 17.6 Å². The number of hydrogen-bond acceptors (Lipinski definition) is 4. The number of aliphatic hydroxyl groups is 2. The molecule has 0 radical (unpaired) electrons. The van der Waals surface area contributed by atoms with Gasteiger partial charge in [0.05, 0.1) is 12.2 Å². The van der Waals surface area contributed by atoms with Crippen LogP contribution in [0.3, 0.4) is 0 Å². The molecule has 5 nitrogen and oxygen atoms in total. The Morgan fingerprint density at radius 2 is 2.07 bits per heavy atom. The lowest BCUT2D eigenvalue weighted by molar-refractivity contribution is -0.139. The fourth-order valence-corrected chi connectivity index (χ4v) is 5.24. The van der Waals surface area contributed by atoms with Gasteiger partial charge in [0.15, 0.2) is 6.61 Å². The van der Waals surface area contributed by atoms with E-state index in [1.807, 2.05) is 12.1 Å². The number of ether oxygens (including phenoxy) is 1. The molecule has 3 N–H and O–H groups in total. The van der Waals surface area contributed by atoms with Crippen molar-refractivity contribution in [2.75, 3.05) is 6.61 Å². The van der Waals surface area contributed by atoms with Gasteiger partial charge < -0.3 is 20.1 Å². The first-order valence-electron chi connectivity index (χ1n) is 10.8. The zero-order valence-electron chi connectivity index (χ0n) is 16.8. The molecule has 1 aromatic rings. The van der Waals surface area contributed by atoms with Crippen molar-refractivity contribution in [3.8, 4) is 5.75 Å². The number of carbonyl (C=O) groups is 1. The highest BCUT2D eigenvalue weighted by atomic mass is 16.5. The highest BCUT2D eigenvalue weighted by molar-refractivity contribution is 5.68. The molecule has 0 bridgehead atoms. The van der Waals surface area contributed by atoms with Gasteiger partial charge in [-0.15, -0.1) is 0 Å². The largest absolute Gasteiger partial charge is 0.482 e. The SMILES string of the molecule is CCCCC[C@H](O)CC[C@@H]1[C@H]2Cc3cccc(OCC(=O)O)c3C[C@@H]2C[C@H]1O. The molecule has 0 amide bonds. The summed E-state index contributed by atoms with van der Waals surface area (Å²) in [5.41, 5.74) is 2.32. The molecule has 0 unspecified atom stereocenters. The molecule has 1 aromatic carbocycles. The van der Waals surface area contributed by atoms with Crippen molar-refractivity contribution in [3.63, 3.8) is 0 Å². The Morgan fingerprint density at radius 1 is 1.25 bits per heavy atom. The first kappa shape index (κ1) is 21.1. The van der Waals surface area contributed by atoms with E-state index in [2.05, 4.69) is 13.0 Å². The smallest absolute Gasteiger partial charge is 0.341 e. The lowest BCUT2D eigenvalue weighted by atomic mass is 9.73. The van der Waals surface area contributed by atoms with Crippen LogP contribution in [0.5, 0.6) is 5.75 Å². The average Bonchev–Trinajstić information content (AvgIpc) is 2.97. The highest BCUT2D eigenvalue weighted by Gasteiger charge is 2.44. The summed E-state index contributed by atoms with van der Waals surface area (Å²) in [6.07, 6.45) is 7.85. The van der Waals surface area contributed by atoms with Crippen LogP contribution in [0.1, 0.15) is 63.0 Å². The summed E-state index contributed by atoms with van der Waals surface area (Å²) in [5.74, 6) is 0.768. The Kier molecular flexibility index (Phi) is 7.36. The van der Waals surface area contributed by atoms with Gasteiger partial charge in [0.25, 0.3) is 0 Å². The third kappa shape index (κ3) is 5.06. The maximum atomic E-state index is 10.8. The van der Waals surface area contributed by atoms with Crippen LogP contribution in [0.25, 0.3) is 0 Å². The van der Waals surface area contributed by atoms with Crippen molar-refractivity contribution in [2.45, 2.75) is 76.9 Å². The van der Waals surface area contributed by atoms with E-state index in [-0.39, 0.29) is 24.7 Å². The van der Waals surface area contributed by atoms with Crippen molar-refractivity contribution < 1.29 is 24.9 Å². The molecule has 1 fully saturated rings. The molecule has 2 aliphatic carbocycles. The average molecular weight is 391 g/mol. The number of fused-ring (bicyclic) bond motifs is 2. The minimum absolute atomic E-state index is 0.238.